The molecule has 0 saturated carbocycles. The molecule has 5 heteroatoms. The quantitative estimate of drug-likeness (QED) is 0.801. The molecule has 1 heterocycles. The van der Waals surface area contributed by atoms with Gasteiger partial charge in [-0.2, -0.15) is 5.10 Å². The summed E-state index contributed by atoms with van der Waals surface area (Å²) in [4.78, 5) is 10.6. The van der Waals surface area contributed by atoms with Crippen molar-refractivity contribution in [3.05, 3.63) is 15.9 Å². The summed E-state index contributed by atoms with van der Waals surface area (Å²) < 4.78 is 0.667. The second-order valence-corrected chi connectivity index (χ2v) is 3.13. The van der Waals surface area contributed by atoms with E-state index in [2.05, 4.69) is 26.1 Å². The van der Waals surface area contributed by atoms with Crippen LogP contribution in [0, 0.1) is 0 Å². The fourth-order valence-electron chi connectivity index (χ4n) is 0.729. The van der Waals surface area contributed by atoms with E-state index in [0.29, 0.717) is 4.47 Å². The summed E-state index contributed by atoms with van der Waals surface area (Å²) in [5.74, 6) is 0. The summed E-state index contributed by atoms with van der Waals surface area (Å²) in [6.45, 7) is 1.96. The second-order valence-electron chi connectivity index (χ2n) is 1.99. The molecule has 1 aromatic heterocycles. The zero-order valence-corrected chi connectivity index (χ0v) is 8.16. The number of aromatic amines is 1. The molecule has 3 nitrogen and oxygen atoms in total. The molecule has 60 valence electrons. The highest BCUT2D eigenvalue weighted by Gasteiger charge is 2.13. The van der Waals surface area contributed by atoms with Gasteiger partial charge in [0.2, 0.25) is 0 Å². The number of halogens is 2. The van der Waals surface area contributed by atoms with Gasteiger partial charge in [0.15, 0.2) is 5.69 Å². The van der Waals surface area contributed by atoms with Gasteiger partial charge >= 0.3 is 0 Å². The number of hydrogen-bond donors (Lipinski definition) is 1. The number of rotatable bonds is 2. The Kier molecular flexibility index (Phi) is 2.67. The molecule has 11 heavy (non-hydrogen) atoms. The predicted octanol–water partition coefficient (Wildman–Crippen LogP) is 2.11. The van der Waals surface area contributed by atoms with Gasteiger partial charge in [-0.3, -0.25) is 9.89 Å². The van der Waals surface area contributed by atoms with Crippen molar-refractivity contribution in [2.75, 3.05) is 0 Å². The standard InChI is InChI=1S/C6H6BrClN2O/c1-2-3-4(7)5(6(8)11)10-9-3/h2H2,1H3,(H,9,10). The van der Waals surface area contributed by atoms with E-state index >= 15 is 0 Å². The Morgan fingerprint density at radius 2 is 2.45 bits per heavy atom. The van der Waals surface area contributed by atoms with Crippen LogP contribution in [0.3, 0.4) is 0 Å². The van der Waals surface area contributed by atoms with Crippen LogP contribution < -0.4 is 0 Å². The first-order chi connectivity index (χ1) is 5.16. The van der Waals surface area contributed by atoms with E-state index in [9.17, 15) is 4.79 Å². The molecular formula is C6H6BrClN2O. The van der Waals surface area contributed by atoms with Gasteiger partial charge in [0.1, 0.15) is 0 Å². The average molecular weight is 237 g/mol. The smallest absolute Gasteiger partial charge is 0.273 e. The summed E-state index contributed by atoms with van der Waals surface area (Å²) in [6, 6.07) is 0. The van der Waals surface area contributed by atoms with Crippen LogP contribution in [0.25, 0.3) is 0 Å². The Morgan fingerprint density at radius 3 is 2.73 bits per heavy atom. The topological polar surface area (TPSA) is 45.8 Å². The summed E-state index contributed by atoms with van der Waals surface area (Å²) in [6.07, 6.45) is 0.789. The Morgan fingerprint density at radius 1 is 1.82 bits per heavy atom. The van der Waals surface area contributed by atoms with Crippen molar-refractivity contribution in [1.82, 2.24) is 10.2 Å². The molecule has 0 atom stereocenters. The highest BCUT2D eigenvalue weighted by atomic mass is 79.9. The van der Waals surface area contributed by atoms with Crippen LogP contribution in [0.5, 0.6) is 0 Å². The number of aromatic nitrogens is 2. The normalized spacial score (nSPS) is 10.1. The fraction of sp³-hybridized carbons (Fsp3) is 0.333. The van der Waals surface area contributed by atoms with Gasteiger partial charge in [-0.1, -0.05) is 6.92 Å². The predicted molar refractivity (Wildman–Crippen MR) is 45.8 cm³/mol. The lowest BCUT2D eigenvalue weighted by Crippen LogP contribution is -1.89. The van der Waals surface area contributed by atoms with Gasteiger partial charge in [0.05, 0.1) is 4.47 Å². The highest BCUT2D eigenvalue weighted by Crippen LogP contribution is 2.20. The zero-order chi connectivity index (χ0) is 8.43. The summed E-state index contributed by atoms with van der Waals surface area (Å²) in [5.41, 5.74) is 1.14. The molecule has 0 aromatic carbocycles. The lowest BCUT2D eigenvalue weighted by atomic mass is 10.3. The molecule has 0 spiro atoms. The van der Waals surface area contributed by atoms with Crippen LogP contribution in [-0.2, 0) is 6.42 Å². The largest absolute Gasteiger partial charge is 0.281 e. The average Bonchev–Trinajstić information content (AvgIpc) is 2.30. The maximum Gasteiger partial charge on any atom is 0.273 e. The number of H-pyrrole nitrogens is 1. The molecule has 0 saturated heterocycles. The third-order valence-electron chi connectivity index (χ3n) is 1.32. The number of aryl methyl sites for hydroxylation is 1. The SMILES string of the molecule is CCc1[nH]nc(C(=O)Cl)c1Br. The number of nitrogens with one attached hydrogen (secondary N) is 1. The van der Waals surface area contributed by atoms with Crippen LogP contribution in [0.1, 0.15) is 23.1 Å². The van der Waals surface area contributed by atoms with Crippen LogP contribution in [0.2, 0.25) is 0 Å². The van der Waals surface area contributed by atoms with Gasteiger partial charge in [0, 0.05) is 5.69 Å². The molecule has 0 aliphatic heterocycles. The fourth-order valence-corrected chi connectivity index (χ4v) is 1.62. The van der Waals surface area contributed by atoms with Crippen LogP contribution in [0.15, 0.2) is 4.47 Å². The van der Waals surface area contributed by atoms with Crippen molar-refractivity contribution in [3.63, 3.8) is 0 Å². The highest BCUT2D eigenvalue weighted by molar-refractivity contribution is 9.10. The van der Waals surface area contributed by atoms with Crippen molar-refractivity contribution in [2.45, 2.75) is 13.3 Å². The third kappa shape index (κ3) is 1.62. The molecule has 0 aliphatic carbocycles. The van der Waals surface area contributed by atoms with E-state index in [1.165, 1.54) is 0 Å². The molecule has 1 rings (SSSR count). The third-order valence-corrected chi connectivity index (χ3v) is 2.35. The minimum atomic E-state index is -0.548. The minimum Gasteiger partial charge on any atom is -0.281 e. The van der Waals surface area contributed by atoms with Gasteiger partial charge in [-0.05, 0) is 34.0 Å². The van der Waals surface area contributed by atoms with Gasteiger partial charge in [-0.25, -0.2) is 0 Å². The molecule has 1 N–H and O–H groups in total. The van der Waals surface area contributed by atoms with Crippen molar-refractivity contribution in [3.8, 4) is 0 Å². The lowest BCUT2D eigenvalue weighted by molar-refractivity contribution is 0.107. The summed E-state index contributed by atoms with van der Waals surface area (Å²) >= 11 is 8.44. The Hall–Kier alpha value is -0.350. The Balaban J connectivity index is 3.10. The van der Waals surface area contributed by atoms with E-state index in [0.717, 1.165) is 12.1 Å². The monoisotopic (exact) mass is 236 g/mol. The van der Waals surface area contributed by atoms with E-state index in [4.69, 9.17) is 11.6 Å². The molecule has 0 aliphatic rings. The number of hydrogen-bond acceptors (Lipinski definition) is 2. The van der Waals surface area contributed by atoms with Gasteiger partial charge in [0.25, 0.3) is 5.24 Å². The maximum absolute atomic E-state index is 10.6. The van der Waals surface area contributed by atoms with Crippen LogP contribution >= 0.6 is 27.5 Å². The first-order valence-electron chi connectivity index (χ1n) is 3.09. The summed E-state index contributed by atoms with van der Waals surface area (Å²) in [5, 5.41) is 5.89. The van der Waals surface area contributed by atoms with Gasteiger partial charge in [-0.15, -0.1) is 0 Å². The van der Waals surface area contributed by atoms with Crippen molar-refractivity contribution in [2.24, 2.45) is 0 Å². The number of carbonyl (C=O) groups is 1. The van der Waals surface area contributed by atoms with Crippen molar-refractivity contribution >= 4 is 32.8 Å². The Bertz CT molecular complexity index is 284. The molecule has 1 aromatic rings. The molecule has 0 unspecified atom stereocenters. The molecule has 0 bridgehead atoms. The summed E-state index contributed by atoms with van der Waals surface area (Å²) in [7, 11) is 0. The van der Waals surface area contributed by atoms with Crippen LogP contribution in [0.4, 0.5) is 0 Å². The first kappa shape index (κ1) is 8.74. The zero-order valence-electron chi connectivity index (χ0n) is 5.82. The molecule has 0 amide bonds. The molecular weight excluding hydrogens is 231 g/mol. The van der Waals surface area contributed by atoms with Crippen molar-refractivity contribution in [1.29, 1.82) is 0 Å². The van der Waals surface area contributed by atoms with Crippen LogP contribution in [-0.4, -0.2) is 15.4 Å². The first-order valence-corrected chi connectivity index (χ1v) is 4.26. The molecule has 0 radical (unpaired) electrons. The Labute approximate surface area is 77.3 Å². The second kappa shape index (κ2) is 3.36. The van der Waals surface area contributed by atoms with Crippen molar-refractivity contribution < 1.29 is 4.79 Å². The minimum absolute atomic E-state index is 0.253. The van der Waals surface area contributed by atoms with E-state index in [-0.39, 0.29) is 5.69 Å². The van der Waals surface area contributed by atoms with E-state index < -0.39 is 5.24 Å². The van der Waals surface area contributed by atoms with Gasteiger partial charge < -0.3 is 0 Å². The lowest BCUT2D eigenvalue weighted by Gasteiger charge is -1.88. The van der Waals surface area contributed by atoms with E-state index in [1.807, 2.05) is 6.92 Å². The number of nitrogens with zero attached hydrogens (tertiary/aromatic N) is 1. The van der Waals surface area contributed by atoms with E-state index in [1.54, 1.807) is 0 Å². The maximum atomic E-state index is 10.6. The molecule has 0 fully saturated rings. The number of carbonyl (C=O) groups excluding carboxylic acids is 1.